The van der Waals surface area contributed by atoms with Gasteiger partial charge in [0.25, 0.3) is 0 Å². The van der Waals surface area contributed by atoms with E-state index in [9.17, 15) is 18.1 Å². The Balaban J connectivity index is 1.48. The Kier molecular flexibility index (Phi) is 6.70. The van der Waals surface area contributed by atoms with E-state index < -0.39 is 15.8 Å². The summed E-state index contributed by atoms with van der Waals surface area (Å²) in [6.45, 7) is 3.00. The van der Waals surface area contributed by atoms with Gasteiger partial charge in [-0.05, 0) is 49.6 Å². The van der Waals surface area contributed by atoms with E-state index in [1.165, 1.54) is 34.0 Å². The molecule has 0 amide bonds. The van der Waals surface area contributed by atoms with Gasteiger partial charge in [-0.3, -0.25) is 0 Å². The lowest BCUT2D eigenvalue weighted by Gasteiger charge is -2.29. The highest BCUT2D eigenvalue weighted by atomic mass is 32.2. The molecule has 0 unspecified atom stereocenters. The van der Waals surface area contributed by atoms with Gasteiger partial charge in [0.15, 0.2) is 16.6 Å². The highest BCUT2D eigenvalue weighted by Crippen LogP contribution is 2.35. The van der Waals surface area contributed by atoms with Gasteiger partial charge < -0.3 is 4.90 Å². The average Bonchev–Trinajstić information content (AvgIpc) is 3.52. The summed E-state index contributed by atoms with van der Waals surface area (Å²) in [6.07, 6.45) is 3.36. The number of aryl methyl sites for hydroxylation is 1. The third kappa shape index (κ3) is 4.82. The minimum atomic E-state index is -3.19. The van der Waals surface area contributed by atoms with E-state index in [0.29, 0.717) is 48.7 Å². The Hall–Kier alpha value is -3.40. The molecule has 0 bridgehead atoms. The van der Waals surface area contributed by atoms with Crippen molar-refractivity contribution < 1.29 is 12.8 Å². The molecule has 1 fully saturated rings. The molecule has 0 atom stereocenters. The highest BCUT2D eigenvalue weighted by Gasteiger charge is 2.28. The van der Waals surface area contributed by atoms with E-state index in [2.05, 4.69) is 0 Å². The van der Waals surface area contributed by atoms with Gasteiger partial charge in [0.05, 0.1) is 35.0 Å². The molecular formula is C25H26FN7O2S2. The molecule has 5 rings (SSSR count). The molecule has 0 saturated carbocycles. The fourth-order valence-corrected chi connectivity index (χ4v) is 6.39. The Morgan fingerprint density at radius 1 is 1.22 bits per heavy atom. The number of hydrogen-bond acceptors (Lipinski definition) is 8. The van der Waals surface area contributed by atoms with Crippen LogP contribution in [0.1, 0.15) is 42.6 Å². The fraction of sp³-hybridized carbons (Fsp3) is 0.360. The van der Waals surface area contributed by atoms with Crippen LogP contribution in [0.5, 0.6) is 0 Å². The molecule has 0 radical (unpaired) electrons. The van der Waals surface area contributed by atoms with Gasteiger partial charge in [-0.2, -0.15) is 14.9 Å². The van der Waals surface area contributed by atoms with Crippen LogP contribution in [-0.2, 0) is 16.4 Å². The van der Waals surface area contributed by atoms with Crippen LogP contribution in [0.4, 0.5) is 15.3 Å². The Labute approximate surface area is 218 Å². The zero-order chi connectivity index (χ0) is 26.3. The number of imidazole rings is 1. The van der Waals surface area contributed by atoms with Crippen molar-refractivity contribution in [1.29, 1.82) is 5.26 Å². The van der Waals surface area contributed by atoms with Crippen molar-refractivity contribution in [2.45, 2.75) is 32.1 Å². The van der Waals surface area contributed by atoms with Crippen LogP contribution < -0.4 is 4.90 Å². The maximum absolute atomic E-state index is 13.6. The Bertz CT molecular complexity index is 1620. The zero-order valence-electron chi connectivity index (χ0n) is 20.7. The number of nitriles is 1. The van der Waals surface area contributed by atoms with Crippen LogP contribution in [0.25, 0.3) is 16.9 Å². The summed E-state index contributed by atoms with van der Waals surface area (Å²) in [6, 6.07) is 10.1. The van der Waals surface area contributed by atoms with Gasteiger partial charge in [-0.15, -0.1) is 11.3 Å². The van der Waals surface area contributed by atoms with Crippen molar-refractivity contribution >= 4 is 38.0 Å². The van der Waals surface area contributed by atoms with E-state index in [4.69, 9.17) is 15.1 Å². The summed E-state index contributed by atoms with van der Waals surface area (Å²) >= 11 is 1.42. The molecule has 1 saturated heterocycles. The zero-order valence-corrected chi connectivity index (χ0v) is 22.4. The second kappa shape index (κ2) is 9.81. The summed E-state index contributed by atoms with van der Waals surface area (Å²) in [7, 11) is -1.29. The van der Waals surface area contributed by atoms with Crippen LogP contribution in [0.3, 0.4) is 0 Å². The van der Waals surface area contributed by atoms with E-state index in [1.54, 1.807) is 6.07 Å². The highest BCUT2D eigenvalue weighted by molar-refractivity contribution is 7.88. The third-order valence-corrected chi connectivity index (χ3v) is 8.91. The number of benzene rings is 1. The van der Waals surface area contributed by atoms with Crippen LogP contribution in [-0.4, -0.2) is 58.7 Å². The summed E-state index contributed by atoms with van der Waals surface area (Å²) in [5.74, 6) is 0.492. The number of rotatable bonds is 6. The number of anilines is 2. The van der Waals surface area contributed by atoms with Gasteiger partial charge in [-0.1, -0.05) is 6.92 Å². The maximum Gasteiger partial charge on any atom is 0.211 e. The Morgan fingerprint density at radius 3 is 2.65 bits per heavy atom. The quantitative estimate of drug-likeness (QED) is 0.359. The van der Waals surface area contributed by atoms with Crippen molar-refractivity contribution in [1.82, 2.24) is 23.9 Å². The number of piperidine rings is 1. The van der Waals surface area contributed by atoms with Gasteiger partial charge in [0, 0.05) is 37.0 Å². The third-order valence-electron chi connectivity index (χ3n) is 6.69. The minimum Gasteiger partial charge on any atom is -0.304 e. The van der Waals surface area contributed by atoms with Gasteiger partial charge in [0.2, 0.25) is 10.0 Å². The van der Waals surface area contributed by atoms with Gasteiger partial charge >= 0.3 is 0 Å². The van der Waals surface area contributed by atoms with Crippen LogP contribution in [0.2, 0.25) is 0 Å². The molecule has 0 aliphatic carbocycles. The van der Waals surface area contributed by atoms with Crippen LogP contribution in [0, 0.1) is 17.1 Å². The number of fused-ring (bicyclic) bond motifs is 1. The second-order valence-corrected chi connectivity index (χ2v) is 11.9. The molecule has 3 aromatic heterocycles. The normalized spacial score (nSPS) is 15.2. The maximum atomic E-state index is 13.6. The summed E-state index contributed by atoms with van der Waals surface area (Å²) < 4.78 is 40.8. The molecule has 1 aliphatic heterocycles. The molecule has 4 heterocycles. The lowest BCUT2D eigenvalue weighted by Crippen LogP contribution is -2.37. The first-order chi connectivity index (χ1) is 17.7. The number of hydrogen-bond donors (Lipinski definition) is 0. The fourth-order valence-electron chi connectivity index (χ4n) is 4.72. The SMILES string of the molecule is CCc1nc2ccc(C3CCN(S(C)(=O)=O)CC3)nn2c1N(C)c1nc(-c2ccc(F)cc2C#N)cs1. The number of nitrogens with zero attached hydrogens (tertiary/aromatic N) is 7. The topological polar surface area (TPSA) is 107 Å². The first kappa shape index (κ1) is 25.3. The van der Waals surface area contributed by atoms with E-state index >= 15 is 0 Å². The standard InChI is InChI=1S/C25H26FN7O2S2/c1-4-20-24(31(2)25-29-22(15-36-25)19-6-5-18(26)13-17(19)14-27)33-23(28-20)8-7-21(30-33)16-9-11-32(12-10-16)37(3,34)35/h5-8,13,15-16H,4,9-12H2,1-3H3. The first-order valence-electron chi connectivity index (χ1n) is 11.9. The molecular weight excluding hydrogens is 513 g/mol. The average molecular weight is 540 g/mol. The largest absolute Gasteiger partial charge is 0.304 e. The summed E-state index contributed by atoms with van der Waals surface area (Å²) in [5.41, 5.74) is 3.90. The molecule has 1 aliphatic rings. The molecule has 12 heteroatoms. The second-order valence-electron chi connectivity index (χ2n) is 9.08. The van der Waals surface area contributed by atoms with Crippen molar-refractivity contribution in [2.24, 2.45) is 0 Å². The molecule has 0 N–H and O–H groups in total. The van der Waals surface area contributed by atoms with Gasteiger partial charge in [-0.25, -0.2) is 27.1 Å². The molecule has 1 aromatic carbocycles. The monoisotopic (exact) mass is 539 g/mol. The number of thiazole rings is 1. The number of sulfonamides is 1. The number of aromatic nitrogens is 4. The van der Waals surface area contributed by atoms with Crippen molar-refractivity contribution in [2.75, 3.05) is 31.3 Å². The lowest BCUT2D eigenvalue weighted by molar-refractivity contribution is 0.317. The minimum absolute atomic E-state index is 0.155. The predicted octanol–water partition coefficient (Wildman–Crippen LogP) is 4.33. The summed E-state index contributed by atoms with van der Waals surface area (Å²) in [4.78, 5) is 11.4. The van der Waals surface area contributed by atoms with Crippen LogP contribution >= 0.6 is 11.3 Å². The molecule has 4 aromatic rings. The predicted molar refractivity (Wildman–Crippen MR) is 141 cm³/mol. The Morgan fingerprint density at radius 2 is 1.97 bits per heavy atom. The molecule has 192 valence electrons. The van der Waals surface area contributed by atoms with E-state index in [1.807, 2.05) is 47.0 Å². The van der Waals surface area contributed by atoms with Gasteiger partial charge in [0.1, 0.15) is 5.82 Å². The first-order valence-corrected chi connectivity index (χ1v) is 14.6. The molecule has 9 nitrogen and oxygen atoms in total. The van der Waals surface area contributed by atoms with Crippen LogP contribution in [0.15, 0.2) is 35.7 Å². The smallest absolute Gasteiger partial charge is 0.211 e. The van der Waals surface area contributed by atoms with E-state index in [0.717, 1.165) is 22.9 Å². The van der Waals surface area contributed by atoms with Crippen molar-refractivity contribution in [3.63, 3.8) is 0 Å². The van der Waals surface area contributed by atoms with Crippen molar-refractivity contribution in [3.05, 3.63) is 58.5 Å². The van der Waals surface area contributed by atoms with E-state index in [-0.39, 0.29) is 11.5 Å². The summed E-state index contributed by atoms with van der Waals surface area (Å²) in [5, 5.41) is 16.9. The number of halogens is 1. The molecule has 0 spiro atoms. The van der Waals surface area contributed by atoms with Crippen molar-refractivity contribution in [3.8, 4) is 17.3 Å². The molecule has 37 heavy (non-hydrogen) atoms. The lowest BCUT2D eigenvalue weighted by atomic mass is 9.94.